The van der Waals surface area contributed by atoms with Crippen LogP contribution < -0.4 is 15.8 Å². The Balaban J connectivity index is 2.35. The van der Waals surface area contributed by atoms with Gasteiger partial charge >= 0.3 is 0 Å². The zero-order chi connectivity index (χ0) is 15.4. The van der Waals surface area contributed by atoms with Crippen LogP contribution in [-0.4, -0.2) is 18.9 Å². The van der Waals surface area contributed by atoms with E-state index in [-0.39, 0.29) is 21.9 Å². The van der Waals surface area contributed by atoms with Crippen molar-refractivity contribution in [3.63, 3.8) is 0 Å². The van der Waals surface area contributed by atoms with Crippen molar-refractivity contribution in [1.82, 2.24) is 0 Å². The first-order valence-electron chi connectivity index (χ1n) is 6.06. The van der Waals surface area contributed by atoms with Crippen molar-refractivity contribution < 1.29 is 14.3 Å². The lowest BCUT2D eigenvalue weighted by molar-refractivity contribution is 0.0992. The molecule has 2 rings (SSSR count). The molecule has 0 atom stereocenters. The average Bonchev–Trinajstić information content (AvgIpc) is 2.47. The largest absolute Gasteiger partial charge is 0.496 e. The number of para-hydroxylation sites is 1. The number of rotatable bonds is 4. The summed E-state index contributed by atoms with van der Waals surface area (Å²) in [4.78, 5) is 23.5. The summed E-state index contributed by atoms with van der Waals surface area (Å²) in [5.41, 5.74) is 6.19. The predicted molar refractivity (Wildman–Crippen MR) is 80.9 cm³/mol. The third-order valence-electron chi connectivity index (χ3n) is 2.83. The number of ether oxygens (including phenoxy) is 1. The van der Waals surface area contributed by atoms with E-state index in [0.717, 1.165) is 0 Å². The van der Waals surface area contributed by atoms with Gasteiger partial charge in [0.2, 0.25) is 0 Å². The molecule has 2 aromatic carbocycles. The van der Waals surface area contributed by atoms with Gasteiger partial charge in [0, 0.05) is 5.69 Å². The van der Waals surface area contributed by atoms with Crippen molar-refractivity contribution >= 4 is 29.1 Å². The molecule has 2 amide bonds. The molecule has 0 unspecified atom stereocenters. The number of primary amides is 1. The van der Waals surface area contributed by atoms with E-state index in [1.165, 1.54) is 19.2 Å². The molecule has 0 aromatic heterocycles. The van der Waals surface area contributed by atoms with Crippen molar-refractivity contribution in [2.75, 3.05) is 12.4 Å². The van der Waals surface area contributed by atoms with E-state index in [2.05, 4.69) is 5.32 Å². The minimum Gasteiger partial charge on any atom is -0.496 e. The number of nitrogens with two attached hydrogens (primary N) is 1. The number of nitrogens with one attached hydrogen (secondary N) is 1. The highest BCUT2D eigenvalue weighted by atomic mass is 35.5. The molecular weight excluding hydrogens is 292 g/mol. The molecule has 0 spiro atoms. The van der Waals surface area contributed by atoms with Gasteiger partial charge in [-0.2, -0.15) is 0 Å². The number of hydrogen-bond donors (Lipinski definition) is 2. The van der Waals surface area contributed by atoms with Gasteiger partial charge in [-0.3, -0.25) is 9.59 Å². The Hall–Kier alpha value is -2.53. The number of carbonyl (C=O) groups is 2. The minimum absolute atomic E-state index is 0.123. The van der Waals surface area contributed by atoms with Gasteiger partial charge in [0.05, 0.1) is 23.3 Å². The first-order chi connectivity index (χ1) is 10.0. The van der Waals surface area contributed by atoms with Gasteiger partial charge in [0.1, 0.15) is 5.75 Å². The van der Waals surface area contributed by atoms with Crippen molar-refractivity contribution in [1.29, 1.82) is 0 Å². The Labute approximate surface area is 126 Å². The first kappa shape index (κ1) is 14.9. The second-order valence-electron chi connectivity index (χ2n) is 4.22. The number of hydrogen-bond acceptors (Lipinski definition) is 3. The van der Waals surface area contributed by atoms with Gasteiger partial charge in [0.15, 0.2) is 0 Å². The summed E-state index contributed by atoms with van der Waals surface area (Å²) >= 11 is 6.04. The van der Waals surface area contributed by atoms with Crippen LogP contribution in [0.4, 0.5) is 5.69 Å². The number of halogens is 1. The molecule has 0 fully saturated rings. The molecular formula is C15H13ClN2O3. The lowest BCUT2D eigenvalue weighted by atomic mass is 10.1. The zero-order valence-electron chi connectivity index (χ0n) is 11.2. The van der Waals surface area contributed by atoms with Crippen molar-refractivity contribution in [3.05, 3.63) is 58.6 Å². The van der Waals surface area contributed by atoms with Gasteiger partial charge in [-0.15, -0.1) is 0 Å². The van der Waals surface area contributed by atoms with Crippen LogP contribution >= 0.6 is 11.6 Å². The maximum atomic E-state index is 12.2. The van der Waals surface area contributed by atoms with E-state index in [0.29, 0.717) is 5.69 Å². The van der Waals surface area contributed by atoms with Crippen LogP contribution in [0.3, 0.4) is 0 Å². The molecule has 0 bridgehead atoms. The number of anilines is 1. The molecule has 0 saturated heterocycles. The van der Waals surface area contributed by atoms with E-state index in [1.54, 1.807) is 24.3 Å². The molecule has 3 N–H and O–H groups in total. The second-order valence-corrected chi connectivity index (χ2v) is 4.62. The monoisotopic (exact) mass is 304 g/mol. The van der Waals surface area contributed by atoms with Crippen LogP contribution in [0.25, 0.3) is 0 Å². The average molecular weight is 305 g/mol. The Morgan fingerprint density at radius 1 is 1.14 bits per heavy atom. The summed E-state index contributed by atoms with van der Waals surface area (Å²) in [6, 6.07) is 11.7. The Kier molecular flexibility index (Phi) is 4.45. The number of benzene rings is 2. The lowest BCUT2D eigenvalue weighted by Crippen LogP contribution is -2.16. The molecule has 5 nitrogen and oxygen atoms in total. The number of amides is 2. The topological polar surface area (TPSA) is 81.4 Å². The Morgan fingerprint density at radius 3 is 2.38 bits per heavy atom. The van der Waals surface area contributed by atoms with Crippen LogP contribution in [-0.2, 0) is 0 Å². The highest BCUT2D eigenvalue weighted by molar-refractivity contribution is 6.35. The fourth-order valence-corrected chi connectivity index (χ4v) is 2.06. The molecule has 2 aromatic rings. The van der Waals surface area contributed by atoms with E-state index in [1.807, 2.05) is 6.07 Å². The fraction of sp³-hybridized carbons (Fsp3) is 0.0667. The van der Waals surface area contributed by atoms with E-state index in [9.17, 15) is 9.59 Å². The van der Waals surface area contributed by atoms with Crippen molar-refractivity contribution in [2.45, 2.75) is 0 Å². The molecule has 0 aliphatic heterocycles. The van der Waals surface area contributed by atoms with Crippen molar-refractivity contribution in [3.8, 4) is 5.75 Å². The smallest absolute Gasteiger partial charge is 0.257 e. The SMILES string of the molecule is COc1cc(C(=O)Nc2ccccc2)c(Cl)cc1C(N)=O. The van der Waals surface area contributed by atoms with Gasteiger partial charge < -0.3 is 15.8 Å². The maximum Gasteiger partial charge on any atom is 0.257 e. The van der Waals surface area contributed by atoms with Gasteiger partial charge in [-0.1, -0.05) is 29.8 Å². The van der Waals surface area contributed by atoms with Gasteiger partial charge in [-0.05, 0) is 24.3 Å². The molecule has 108 valence electrons. The summed E-state index contributed by atoms with van der Waals surface area (Å²) in [6.07, 6.45) is 0. The van der Waals surface area contributed by atoms with Crippen molar-refractivity contribution in [2.24, 2.45) is 5.73 Å². The van der Waals surface area contributed by atoms with Crippen LogP contribution in [0.5, 0.6) is 5.75 Å². The van der Waals surface area contributed by atoms with Crippen LogP contribution in [0.1, 0.15) is 20.7 Å². The summed E-state index contributed by atoms with van der Waals surface area (Å²) in [5, 5.41) is 2.83. The predicted octanol–water partition coefficient (Wildman–Crippen LogP) is 2.70. The van der Waals surface area contributed by atoms with Gasteiger partial charge in [-0.25, -0.2) is 0 Å². The van der Waals surface area contributed by atoms with E-state index < -0.39 is 11.8 Å². The standard InChI is InChI=1S/C15H13ClN2O3/c1-21-13-8-10(12(16)7-11(13)14(17)19)15(20)18-9-5-3-2-4-6-9/h2-8H,1H3,(H2,17,19)(H,18,20). The number of carbonyl (C=O) groups excluding carboxylic acids is 2. The summed E-state index contributed by atoms with van der Waals surface area (Å²) in [7, 11) is 1.38. The summed E-state index contributed by atoms with van der Waals surface area (Å²) < 4.78 is 5.06. The lowest BCUT2D eigenvalue weighted by Gasteiger charge is -2.11. The third-order valence-corrected chi connectivity index (χ3v) is 3.14. The minimum atomic E-state index is -0.677. The van der Waals surface area contributed by atoms with E-state index >= 15 is 0 Å². The zero-order valence-corrected chi connectivity index (χ0v) is 12.0. The van der Waals surface area contributed by atoms with Crippen LogP contribution in [0.2, 0.25) is 5.02 Å². The summed E-state index contributed by atoms with van der Waals surface area (Å²) in [5.74, 6) is -0.880. The maximum absolute atomic E-state index is 12.2. The third kappa shape index (κ3) is 3.32. The molecule has 0 heterocycles. The molecule has 0 aliphatic carbocycles. The van der Waals surface area contributed by atoms with Crippen LogP contribution in [0.15, 0.2) is 42.5 Å². The van der Waals surface area contributed by atoms with Gasteiger partial charge in [0.25, 0.3) is 11.8 Å². The first-order valence-corrected chi connectivity index (χ1v) is 6.44. The van der Waals surface area contributed by atoms with E-state index in [4.69, 9.17) is 22.1 Å². The second kappa shape index (κ2) is 6.28. The molecule has 0 aliphatic rings. The highest BCUT2D eigenvalue weighted by Gasteiger charge is 2.17. The normalized spacial score (nSPS) is 10.0. The molecule has 21 heavy (non-hydrogen) atoms. The molecule has 0 saturated carbocycles. The highest BCUT2D eigenvalue weighted by Crippen LogP contribution is 2.27. The quantitative estimate of drug-likeness (QED) is 0.911. The fourth-order valence-electron chi connectivity index (χ4n) is 1.81. The number of methoxy groups -OCH3 is 1. The summed E-state index contributed by atoms with van der Waals surface area (Å²) in [6.45, 7) is 0. The Bertz CT molecular complexity index is 687. The van der Waals surface area contributed by atoms with Crippen LogP contribution in [0, 0.1) is 0 Å². The Morgan fingerprint density at radius 2 is 1.81 bits per heavy atom. The molecule has 0 radical (unpaired) electrons. The molecule has 6 heteroatoms.